The highest BCUT2D eigenvalue weighted by Gasteiger charge is 2.39. The van der Waals surface area contributed by atoms with Gasteiger partial charge in [0.1, 0.15) is 30.8 Å². The molecule has 3 aromatic rings. The van der Waals surface area contributed by atoms with Crippen molar-refractivity contribution in [2.24, 2.45) is 4.36 Å². The van der Waals surface area contributed by atoms with Gasteiger partial charge in [0.15, 0.2) is 21.4 Å². The number of halogens is 3. The second-order valence-corrected chi connectivity index (χ2v) is 10.8. The third kappa shape index (κ3) is 5.62. The summed E-state index contributed by atoms with van der Waals surface area (Å²) in [6.45, 7) is 2.18. The summed E-state index contributed by atoms with van der Waals surface area (Å²) in [5.74, 6) is 0.763. The Morgan fingerprint density at radius 1 is 1.05 bits per heavy atom. The van der Waals surface area contributed by atoms with Gasteiger partial charge in [-0.1, -0.05) is 31.2 Å². The highest BCUT2D eigenvalue weighted by atomic mass is 32.2. The minimum atomic E-state index is -4.85. The Bertz CT molecular complexity index is 1440. The molecule has 0 saturated heterocycles. The Balaban J connectivity index is 1.46. The maximum atomic E-state index is 14.1. The molecule has 1 unspecified atom stereocenters. The van der Waals surface area contributed by atoms with Crippen molar-refractivity contribution in [1.29, 1.82) is 0 Å². The number of hydrogen-bond acceptors (Lipinski definition) is 7. The molecule has 3 atom stereocenters. The molecule has 0 aliphatic carbocycles. The van der Waals surface area contributed by atoms with Crippen LogP contribution in [0.4, 0.5) is 24.5 Å². The summed E-state index contributed by atoms with van der Waals surface area (Å²) in [6, 6.07) is 18.8. The topological polar surface area (TPSA) is 92.6 Å². The summed E-state index contributed by atoms with van der Waals surface area (Å²) >= 11 is 0. The highest BCUT2D eigenvalue weighted by molar-refractivity contribution is 7.91. The zero-order chi connectivity index (χ0) is 27.6. The second-order valence-electron chi connectivity index (χ2n) is 8.83. The number of ether oxygens (including phenoxy) is 3. The predicted octanol–water partition coefficient (Wildman–Crippen LogP) is 5.87. The fourth-order valence-corrected chi connectivity index (χ4v) is 6.13. The molecular weight excluding hydrogens is 535 g/mol. The molecule has 0 fully saturated rings. The largest absolute Gasteiger partial charge is 0.573 e. The smallest absolute Gasteiger partial charge is 0.497 e. The monoisotopic (exact) mass is 561 g/mol. The minimum Gasteiger partial charge on any atom is -0.497 e. The van der Waals surface area contributed by atoms with Crippen LogP contribution in [0.15, 0.2) is 94.0 Å². The number of anilines is 2. The van der Waals surface area contributed by atoms with E-state index in [0.717, 1.165) is 23.5 Å². The molecule has 0 saturated carbocycles. The van der Waals surface area contributed by atoms with Gasteiger partial charge in [0, 0.05) is 0 Å². The van der Waals surface area contributed by atoms with Gasteiger partial charge >= 0.3 is 6.36 Å². The van der Waals surface area contributed by atoms with Crippen molar-refractivity contribution >= 4 is 21.3 Å². The lowest BCUT2D eigenvalue weighted by Gasteiger charge is -2.42. The Morgan fingerprint density at radius 2 is 1.67 bits per heavy atom. The molecule has 2 aliphatic rings. The van der Waals surface area contributed by atoms with E-state index in [1.165, 1.54) is 18.4 Å². The summed E-state index contributed by atoms with van der Waals surface area (Å²) in [5, 5.41) is 11.5. The molecule has 8 nitrogen and oxygen atoms in total. The van der Waals surface area contributed by atoms with Crippen molar-refractivity contribution in [3.05, 3.63) is 84.8 Å². The molecule has 3 aromatic carbocycles. The van der Waals surface area contributed by atoms with E-state index < -0.39 is 34.2 Å². The lowest BCUT2D eigenvalue weighted by atomic mass is 10.0. The first-order chi connectivity index (χ1) is 18.7. The quantitative estimate of drug-likeness (QED) is 0.375. The number of nitrogens with zero attached hydrogens (tertiary/aromatic N) is 2. The number of hydrogen-bond donors (Lipinski definition) is 2. The molecule has 2 heterocycles. The fraction of sp³-hybridized carbons (Fsp3) is 0.259. The van der Waals surface area contributed by atoms with E-state index >= 15 is 0 Å². The average molecular weight is 562 g/mol. The van der Waals surface area contributed by atoms with Gasteiger partial charge in [0.25, 0.3) is 0 Å². The van der Waals surface area contributed by atoms with Gasteiger partial charge in [0.2, 0.25) is 0 Å². The van der Waals surface area contributed by atoms with Crippen molar-refractivity contribution < 1.29 is 36.7 Å². The van der Waals surface area contributed by atoms with E-state index in [1.807, 2.05) is 60.4 Å². The second kappa shape index (κ2) is 10.7. The average Bonchev–Trinajstić information content (AvgIpc) is 2.91. The first-order valence-electron chi connectivity index (χ1n) is 12.2. The third-order valence-electron chi connectivity index (χ3n) is 6.09. The molecule has 0 aromatic heterocycles. The van der Waals surface area contributed by atoms with E-state index in [4.69, 9.17) is 9.47 Å². The van der Waals surface area contributed by atoms with Crippen LogP contribution in [0.1, 0.15) is 13.3 Å². The van der Waals surface area contributed by atoms with E-state index in [1.54, 1.807) is 0 Å². The predicted molar refractivity (Wildman–Crippen MR) is 139 cm³/mol. The van der Waals surface area contributed by atoms with Crippen LogP contribution in [0.5, 0.6) is 17.2 Å². The normalized spacial score (nSPS) is 19.8. The first kappa shape index (κ1) is 26.7. The summed E-state index contributed by atoms with van der Waals surface area (Å²) in [7, 11) is -3.41. The number of benzene rings is 3. The molecule has 0 amide bonds. The van der Waals surface area contributed by atoms with Crippen LogP contribution in [0.2, 0.25) is 0 Å². The highest BCUT2D eigenvalue weighted by Crippen LogP contribution is 2.48. The van der Waals surface area contributed by atoms with E-state index in [9.17, 15) is 22.5 Å². The zero-order valence-electron chi connectivity index (χ0n) is 20.8. The molecule has 39 heavy (non-hydrogen) atoms. The molecule has 5 rings (SSSR count). The minimum absolute atomic E-state index is 0.117. The SMILES string of the molecule is CCCN=S(=O)(NC1=COC[C@H](N2c3ccccc3Oc3ccccc32)[C@H]1O)c1ccc(OC(F)(F)F)cc1. The van der Waals surface area contributed by atoms with Gasteiger partial charge in [-0.25, -0.2) is 8.57 Å². The van der Waals surface area contributed by atoms with Crippen LogP contribution in [0, 0.1) is 0 Å². The summed E-state index contributed by atoms with van der Waals surface area (Å²) in [4.78, 5) is 2.05. The van der Waals surface area contributed by atoms with Gasteiger partial charge in [0.05, 0.1) is 28.5 Å². The fourth-order valence-electron chi connectivity index (χ4n) is 4.37. The van der Waals surface area contributed by atoms with Crippen molar-refractivity contribution in [3.63, 3.8) is 0 Å². The summed E-state index contributed by atoms with van der Waals surface area (Å²) in [6.07, 6.45) is -4.17. The van der Waals surface area contributed by atoms with Crippen molar-refractivity contribution in [2.45, 2.75) is 36.7 Å². The Hall–Kier alpha value is -3.90. The molecule has 0 bridgehead atoms. The maximum absolute atomic E-state index is 14.1. The lowest BCUT2D eigenvalue weighted by Crippen LogP contribution is -2.50. The Labute approximate surface area is 223 Å². The van der Waals surface area contributed by atoms with Gasteiger partial charge in [-0.3, -0.25) is 4.72 Å². The number of para-hydroxylation sites is 4. The molecule has 12 heteroatoms. The van der Waals surface area contributed by atoms with E-state index in [0.29, 0.717) is 17.9 Å². The Kier molecular flexibility index (Phi) is 7.32. The van der Waals surface area contributed by atoms with E-state index in [2.05, 4.69) is 13.8 Å². The molecule has 2 aliphatic heterocycles. The number of aliphatic hydroxyl groups is 1. The van der Waals surface area contributed by atoms with Gasteiger partial charge in [-0.05, 0) is 55.0 Å². The maximum Gasteiger partial charge on any atom is 0.573 e. The van der Waals surface area contributed by atoms with Gasteiger partial charge in [-0.15, -0.1) is 13.2 Å². The number of fused-ring (bicyclic) bond motifs is 2. The van der Waals surface area contributed by atoms with Crippen LogP contribution in [0.3, 0.4) is 0 Å². The van der Waals surface area contributed by atoms with Crippen molar-refractivity contribution in [3.8, 4) is 17.2 Å². The van der Waals surface area contributed by atoms with Crippen LogP contribution in [0.25, 0.3) is 0 Å². The third-order valence-corrected chi connectivity index (χ3v) is 8.06. The Morgan fingerprint density at radius 3 is 2.26 bits per heavy atom. The van der Waals surface area contributed by atoms with Crippen molar-refractivity contribution in [2.75, 3.05) is 18.1 Å². The zero-order valence-corrected chi connectivity index (χ0v) is 21.6. The van der Waals surface area contributed by atoms with Crippen LogP contribution >= 0.6 is 0 Å². The molecule has 0 radical (unpaired) electrons. The lowest BCUT2D eigenvalue weighted by molar-refractivity contribution is -0.274. The van der Waals surface area contributed by atoms with Crippen LogP contribution in [-0.2, 0) is 14.7 Å². The summed E-state index contributed by atoms with van der Waals surface area (Å²) in [5.41, 5.74) is 1.57. The van der Waals surface area contributed by atoms with Gasteiger partial charge < -0.3 is 24.2 Å². The number of nitrogens with one attached hydrogen (secondary N) is 1. The number of aliphatic hydroxyl groups excluding tert-OH is 1. The van der Waals surface area contributed by atoms with Crippen LogP contribution < -0.4 is 19.1 Å². The van der Waals surface area contributed by atoms with E-state index in [-0.39, 0.29) is 23.7 Å². The van der Waals surface area contributed by atoms with Gasteiger partial charge in [-0.2, -0.15) is 0 Å². The molecular formula is C27H26F3N3O5S. The van der Waals surface area contributed by atoms with Crippen molar-refractivity contribution in [1.82, 2.24) is 4.72 Å². The number of rotatable bonds is 7. The number of alkyl halides is 3. The molecule has 2 N–H and O–H groups in total. The summed E-state index contributed by atoms with van der Waals surface area (Å²) < 4.78 is 74.7. The molecule has 0 spiro atoms. The first-order valence-corrected chi connectivity index (χ1v) is 13.7. The van der Waals surface area contributed by atoms with Crippen LogP contribution in [-0.4, -0.2) is 41.0 Å². The molecule has 206 valence electrons. The standard InChI is InChI=1S/C27H26F3N3O5S/c1-2-15-31-39(35,19-13-11-18(12-14-19)38-27(28,29)30)32-20-16-36-17-23(26(20)34)33-21-7-3-5-9-24(21)37-25-10-6-4-8-22(25)33/h3-14,16,23,26,34H,2,15,17H2,1H3,(H,31,32,35)/t23-,26-,39?/m0/s1.